The number of hydrogen-bond donors (Lipinski definition) is 1. The zero-order valence-electron chi connectivity index (χ0n) is 22.0. The normalized spacial score (nSPS) is 21.0. The number of nitriles is 1. The van der Waals surface area contributed by atoms with Crippen LogP contribution in [-0.2, 0) is 15.0 Å². The molecule has 2 amide bonds. The van der Waals surface area contributed by atoms with Gasteiger partial charge in [0.05, 0.1) is 0 Å². The lowest BCUT2D eigenvalue weighted by Crippen LogP contribution is -2.51. The third-order valence-corrected chi connectivity index (χ3v) is 8.07. The number of fused-ring (bicyclic) bond motifs is 1. The number of nitrogens with zero attached hydrogens (tertiary/aromatic N) is 4. The van der Waals surface area contributed by atoms with Crippen LogP contribution in [0, 0.1) is 17.3 Å². The molecule has 0 spiro atoms. The zero-order chi connectivity index (χ0) is 26.9. The monoisotopic (exact) mass is 515 g/mol. The average molecular weight is 516 g/mol. The van der Waals surface area contributed by atoms with E-state index in [0.717, 1.165) is 32.1 Å². The minimum Gasteiger partial charge on any atom is -0.351 e. The summed E-state index contributed by atoms with van der Waals surface area (Å²) in [4.78, 5) is 35.3. The number of nitrogens with one attached hydrogen (secondary N) is 1. The summed E-state index contributed by atoms with van der Waals surface area (Å²) in [5, 5.41) is 12.9. The third kappa shape index (κ3) is 4.90. The number of carbonyl (C=O) groups is 2. The van der Waals surface area contributed by atoms with Crippen LogP contribution in [0.4, 0.5) is 10.1 Å². The van der Waals surface area contributed by atoms with Gasteiger partial charge in [0.25, 0.3) is 5.91 Å². The number of hydrogen-bond acceptors (Lipinski definition) is 5. The van der Waals surface area contributed by atoms with Gasteiger partial charge in [-0.25, -0.2) is 4.39 Å². The number of aromatic nitrogens is 1. The molecular weight excluding hydrogens is 481 g/mol. The maximum Gasteiger partial charge on any atom is 0.251 e. The van der Waals surface area contributed by atoms with E-state index in [4.69, 9.17) is 0 Å². The number of benzene rings is 1. The molecule has 7 nitrogen and oxygen atoms in total. The van der Waals surface area contributed by atoms with E-state index in [1.54, 1.807) is 30.6 Å². The van der Waals surface area contributed by atoms with Crippen LogP contribution in [0.5, 0.6) is 0 Å². The smallest absolute Gasteiger partial charge is 0.251 e. The van der Waals surface area contributed by atoms with Crippen LogP contribution in [0.1, 0.15) is 81.5 Å². The van der Waals surface area contributed by atoms with Crippen LogP contribution in [0.3, 0.4) is 0 Å². The van der Waals surface area contributed by atoms with Crippen molar-refractivity contribution in [1.29, 1.82) is 5.26 Å². The number of halogens is 1. The van der Waals surface area contributed by atoms with Gasteiger partial charge in [0.2, 0.25) is 5.91 Å². The molecule has 8 heteroatoms. The molecule has 1 N–H and O–H groups in total. The summed E-state index contributed by atoms with van der Waals surface area (Å²) in [5.41, 5.74) is 1.61. The zero-order valence-corrected chi connectivity index (χ0v) is 22.0. The molecule has 198 valence electrons. The van der Waals surface area contributed by atoms with Crippen LogP contribution >= 0.6 is 0 Å². The predicted octanol–water partition coefficient (Wildman–Crippen LogP) is 4.99. The van der Waals surface area contributed by atoms with E-state index in [1.807, 2.05) is 26.0 Å². The highest BCUT2D eigenvalue weighted by Crippen LogP contribution is 2.41. The molecule has 1 saturated carbocycles. The van der Waals surface area contributed by atoms with E-state index < -0.39 is 29.2 Å². The summed E-state index contributed by atoms with van der Waals surface area (Å²) in [6, 6.07) is 4.88. The maximum atomic E-state index is 15.7. The number of pyridine rings is 1. The molecule has 5 rings (SSSR count). The van der Waals surface area contributed by atoms with Crippen LogP contribution in [0.15, 0.2) is 42.7 Å². The Morgan fingerprint density at radius 1 is 1.21 bits per heavy atom. The molecule has 1 unspecified atom stereocenters. The van der Waals surface area contributed by atoms with Crippen molar-refractivity contribution in [3.8, 4) is 6.19 Å². The Balaban J connectivity index is 1.62. The number of carbonyl (C=O) groups excluding carboxylic acids is 2. The molecule has 1 aromatic carbocycles. The molecule has 2 atom stereocenters. The summed E-state index contributed by atoms with van der Waals surface area (Å²) in [6.07, 6.45) is 15.3. The second-order valence-electron chi connectivity index (χ2n) is 11.1. The average Bonchev–Trinajstić information content (AvgIpc) is 3.51. The van der Waals surface area contributed by atoms with Gasteiger partial charge < -0.3 is 5.32 Å². The van der Waals surface area contributed by atoms with Crippen molar-refractivity contribution < 1.29 is 14.0 Å². The van der Waals surface area contributed by atoms with Gasteiger partial charge in [0.1, 0.15) is 17.9 Å². The van der Waals surface area contributed by atoms with Gasteiger partial charge in [-0.3, -0.25) is 24.4 Å². The Morgan fingerprint density at radius 2 is 2.00 bits per heavy atom. The summed E-state index contributed by atoms with van der Waals surface area (Å²) >= 11 is 0. The molecule has 1 aliphatic heterocycles. The molecule has 1 aromatic heterocycles. The van der Waals surface area contributed by atoms with Crippen LogP contribution in [-0.4, -0.2) is 40.3 Å². The molecule has 2 aromatic rings. The first-order chi connectivity index (χ1) is 18.3. The van der Waals surface area contributed by atoms with Crippen molar-refractivity contribution in [2.24, 2.45) is 0 Å². The highest BCUT2D eigenvalue weighted by atomic mass is 19.1. The largest absolute Gasteiger partial charge is 0.351 e. The van der Waals surface area contributed by atoms with Crippen molar-refractivity contribution in [1.82, 2.24) is 15.2 Å². The molecule has 2 fully saturated rings. The van der Waals surface area contributed by atoms with Crippen molar-refractivity contribution in [2.45, 2.75) is 82.3 Å². The van der Waals surface area contributed by atoms with Gasteiger partial charge in [0.15, 0.2) is 6.19 Å². The molecule has 38 heavy (non-hydrogen) atoms. The third-order valence-electron chi connectivity index (χ3n) is 8.07. The first kappa shape index (κ1) is 25.9. The Morgan fingerprint density at radius 3 is 2.71 bits per heavy atom. The standard InChI is InChI=1S/C30H34FN5O2/c1-30(2)13-12-20-16-23(17-24(31)26(20)30)36(29(38)25-11-7-15-35(25)19-32)27(21-8-6-14-33-18-21)28(37)34-22-9-4-3-5-10-22/h6,8,12-14,16-18,22,25,27H,3-5,7,9-11,15H2,1-2H3,(H,34,37)/t25-,27?/m1/s1. The number of allylic oxidation sites excluding steroid dienone is 1. The van der Waals surface area contributed by atoms with E-state index >= 15 is 4.39 Å². The van der Waals surface area contributed by atoms with Gasteiger partial charge in [-0.15, -0.1) is 0 Å². The predicted molar refractivity (Wildman–Crippen MR) is 143 cm³/mol. The Kier molecular flexibility index (Phi) is 7.20. The van der Waals surface area contributed by atoms with Gasteiger partial charge in [-0.2, -0.15) is 5.26 Å². The van der Waals surface area contributed by atoms with Gasteiger partial charge in [-0.05, 0) is 49.4 Å². The molecular formula is C30H34FN5O2. The lowest BCUT2D eigenvalue weighted by Gasteiger charge is -2.36. The topological polar surface area (TPSA) is 89.3 Å². The lowest BCUT2D eigenvalue weighted by atomic mass is 9.86. The maximum absolute atomic E-state index is 15.7. The van der Waals surface area contributed by atoms with Crippen molar-refractivity contribution in [3.63, 3.8) is 0 Å². The Hall–Kier alpha value is -3.73. The van der Waals surface area contributed by atoms with Gasteiger partial charge in [-0.1, -0.05) is 51.3 Å². The first-order valence-corrected chi connectivity index (χ1v) is 13.5. The summed E-state index contributed by atoms with van der Waals surface area (Å²) < 4.78 is 15.7. The number of rotatable bonds is 6. The lowest BCUT2D eigenvalue weighted by molar-refractivity contribution is -0.128. The highest BCUT2D eigenvalue weighted by Gasteiger charge is 2.41. The van der Waals surface area contributed by atoms with E-state index in [-0.39, 0.29) is 11.9 Å². The fourth-order valence-corrected chi connectivity index (χ4v) is 6.13. The summed E-state index contributed by atoms with van der Waals surface area (Å²) in [6.45, 7) is 4.36. The quantitative estimate of drug-likeness (QED) is 0.548. The SMILES string of the molecule is CC1(C)C=Cc2cc(N(C(=O)[C@H]3CCCN3C#N)C(C(=O)NC3CCCCC3)c3cccnc3)cc(F)c21. The summed E-state index contributed by atoms with van der Waals surface area (Å²) in [7, 11) is 0. The fourth-order valence-electron chi connectivity index (χ4n) is 6.13. The number of anilines is 1. The van der Waals surface area contributed by atoms with Crippen molar-refractivity contribution >= 4 is 23.6 Å². The van der Waals surface area contributed by atoms with Gasteiger partial charge in [0, 0.05) is 47.2 Å². The van der Waals surface area contributed by atoms with E-state index in [2.05, 4.69) is 16.5 Å². The molecule has 0 bridgehead atoms. The van der Waals surface area contributed by atoms with Crippen molar-refractivity contribution in [3.05, 3.63) is 65.2 Å². The Bertz CT molecular complexity index is 1280. The molecule has 2 aliphatic carbocycles. The number of likely N-dealkylation sites (tertiary alicyclic amines) is 1. The first-order valence-electron chi connectivity index (χ1n) is 13.5. The highest BCUT2D eigenvalue weighted by molar-refractivity contribution is 6.04. The van der Waals surface area contributed by atoms with Crippen LogP contribution in [0.25, 0.3) is 6.08 Å². The Labute approximate surface area is 223 Å². The fraction of sp³-hybridized carbons (Fsp3) is 0.467. The molecule has 1 saturated heterocycles. The molecule has 3 aliphatic rings. The van der Waals surface area contributed by atoms with Crippen molar-refractivity contribution in [2.75, 3.05) is 11.4 Å². The van der Waals surface area contributed by atoms with Crippen LogP contribution < -0.4 is 10.2 Å². The van der Waals surface area contributed by atoms with E-state index in [0.29, 0.717) is 41.8 Å². The van der Waals surface area contributed by atoms with E-state index in [1.165, 1.54) is 15.9 Å². The second kappa shape index (κ2) is 10.6. The molecule has 0 radical (unpaired) electrons. The van der Waals surface area contributed by atoms with Crippen LogP contribution in [0.2, 0.25) is 0 Å². The minimum atomic E-state index is -1.06. The number of amides is 2. The van der Waals surface area contributed by atoms with Gasteiger partial charge >= 0.3 is 0 Å². The minimum absolute atomic E-state index is 0.0231. The molecule has 2 heterocycles. The summed E-state index contributed by atoms with van der Waals surface area (Å²) in [5.74, 6) is -1.14. The van der Waals surface area contributed by atoms with E-state index in [9.17, 15) is 14.9 Å². The second-order valence-corrected chi connectivity index (χ2v) is 11.1.